The number of hydrogen-bond donors (Lipinski definition) is 3. The topological polar surface area (TPSA) is 131 Å². The lowest BCUT2D eigenvalue weighted by molar-refractivity contribution is -0.143. The molecule has 0 aliphatic heterocycles. The molecule has 9 heteroatoms. The number of unbranched alkanes of at least 4 members (excludes halogenated alkanes) is 4. The van der Waals surface area contributed by atoms with Crippen molar-refractivity contribution >= 4 is 23.8 Å². The smallest absolute Gasteiger partial charge is 0.408 e. The molecule has 1 aromatic rings. The number of hydrogen-bond acceptors (Lipinski definition) is 5. The van der Waals surface area contributed by atoms with Crippen molar-refractivity contribution in [3.8, 4) is 0 Å². The van der Waals surface area contributed by atoms with Crippen LogP contribution in [0.15, 0.2) is 18.2 Å². The van der Waals surface area contributed by atoms with E-state index in [1.165, 1.54) is 4.90 Å². The van der Waals surface area contributed by atoms with Gasteiger partial charge >= 0.3 is 6.09 Å². The van der Waals surface area contributed by atoms with Gasteiger partial charge in [-0.15, -0.1) is 0 Å². The van der Waals surface area contributed by atoms with Gasteiger partial charge in [0.05, 0.1) is 0 Å². The first-order valence-corrected chi connectivity index (χ1v) is 14.1. The number of rotatable bonds is 15. The molecule has 39 heavy (non-hydrogen) atoms. The number of nitrogens with one attached hydrogen (secondary N) is 2. The Labute approximate surface area is 234 Å². The molecule has 2 unspecified atom stereocenters. The van der Waals surface area contributed by atoms with Gasteiger partial charge in [-0.05, 0) is 78.0 Å². The number of alkyl carbamates (subject to hydrolysis) is 1. The zero-order valence-corrected chi connectivity index (χ0v) is 25.2. The van der Waals surface area contributed by atoms with E-state index in [0.717, 1.165) is 36.8 Å². The van der Waals surface area contributed by atoms with Gasteiger partial charge in [0, 0.05) is 19.0 Å². The van der Waals surface area contributed by atoms with Crippen LogP contribution in [0.3, 0.4) is 0 Å². The van der Waals surface area contributed by atoms with Crippen molar-refractivity contribution in [1.29, 1.82) is 0 Å². The highest BCUT2D eigenvalue weighted by Gasteiger charge is 2.36. The monoisotopic (exact) mass is 546 g/mol. The highest BCUT2D eigenvalue weighted by molar-refractivity contribution is 5.92. The van der Waals surface area contributed by atoms with E-state index >= 15 is 0 Å². The Morgan fingerprint density at radius 1 is 0.974 bits per heavy atom. The normalized spacial score (nSPS) is 12.9. The molecule has 9 nitrogen and oxygen atoms in total. The lowest BCUT2D eigenvalue weighted by atomic mass is 9.97. The number of nitrogens with zero attached hydrogens (tertiary/aromatic N) is 1. The van der Waals surface area contributed by atoms with E-state index in [4.69, 9.17) is 10.5 Å². The van der Waals surface area contributed by atoms with Crippen LogP contribution in [0.2, 0.25) is 0 Å². The van der Waals surface area contributed by atoms with Crippen LogP contribution in [0.5, 0.6) is 0 Å². The minimum absolute atomic E-state index is 0.00874. The van der Waals surface area contributed by atoms with Crippen LogP contribution in [0.4, 0.5) is 4.79 Å². The summed E-state index contributed by atoms with van der Waals surface area (Å²) in [5, 5.41) is 5.60. The van der Waals surface area contributed by atoms with Gasteiger partial charge in [-0.1, -0.05) is 50.8 Å². The van der Waals surface area contributed by atoms with E-state index in [1.807, 2.05) is 45.9 Å². The summed E-state index contributed by atoms with van der Waals surface area (Å²) in [6.45, 7) is 15.3. The average Bonchev–Trinajstić information content (AvgIpc) is 2.80. The van der Waals surface area contributed by atoms with Gasteiger partial charge in [0.25, 0.3) is 0 Å². The minimum atomic E-state index is -1.09. The Hall–Kier alpha value is -3.10. The van der Waals surface area contributed by atoms with Gasteiger partial charge in [-0.3, -0.25) is 14.4 Å². The Morgan fingerprint density at radius 3 is 2.15 bits per heavy atom. The molecule has 1 rings (SSSR count). The third-order valence-corrected chi connectivity index (χ3v) is 6.29. The highest BCUT2D eigenvalue weighted by Crippen LogP contribution is 2.26. The Kier molecular flexibility index (Phi) is 14.0. The molecule has 1 aromatic carbocycles. The first-order valence-electron chi connectivity index (χ1n) is 14.1. The molecule has 2 atom stereocenters. The van der Waals surface area contributed by atoms with Crippen molar-refractivity contribution < 1.29 is 23.9 Å². The van der Waals surface area contributed by atoms with E-state index < -0.39 is 35.6 Å². The average molecular weight is 547 g/mol. The maximum Gasteiger partial charge on any atom is 0.408 e. The zero-order chi connectivity index (χ0) is 29.8. The van der Waals surface area contributed by atoms with Crippen LogP contribution >= 0.6 is 0 Å². The Bertz CT molecular complexity index is 971. The maximum absolute atomic E-state index is 14.2. The molecule has 220 valence electrons. The molecule has 0 aliphatic rings. The van der Waals surface area contributed by atoms with Gasteiger partial charge in [0.2, 0.25) is 17.7 Å². The summed E-state index contributed by atoms with van der Waals surface area (Å²) in [5.41, 5.74) is 7.37. The summed E-state index contributed by atoms with van der Waals surface area (Å²) in [5.74, 6) is -1.35. The van der Waals surface area contributed by atoms with Gasteiger partial charge < -0.3 is 26.0 Å². The fourth-order valence-corrected chi connectivity index (χ4v) is 4.22. The summed E-state index contributed by atoms with van der Waals surface area (Å²) in [4.78, 5) is 53.6. The largest absolute Gasteiger partial charge is 0.444 e. The van der Waals surface area contributed by atoms with Gasteiger partial charge in [0.15, 0.2) is 0 Å². The molecule has 4 amide bonds. The van der Waals surface area contributed by atoms with Crippen LogP contribution < -0.4 is 16.4 Å². The lowest BCUT2D eigenvalue weighted by Crippen LogP contribution is -2.54. The summed E-state index contributed by atoms with van der Waals surface area (Å²) in [6, 6.07) is 3.58. The predicted octanol–water partition coefficient (Wildman–Crippen LogP) is 4.83. The number of nitrogens with two attached hydrogens (primary N) is 1. The molecular formula is C30H50N4O5. The number of amides is 4. The molecule has 0 fully saturated rings. The molecule has 0 heterocycles. The second-order valence-corrected chi connectivity index (χ2v) is 11.6. The Morgan fingerprint density at radius 2 is 1.62 bits per heavy atom. The maximum atomic E-state index is 14.2. The molecule has 4 N–H and O–H groups in total. The number of ether oxygens (including phenoxy) is 1. The van der Waals surface area contributed by atoms with Crippen LogP contribution in [-0.2, 0) is 19.1 Å². The number of carbonyl (C=O) groups is 4. The van der Waals surface area contributed by atoms with E-state index in [-0.39, 0.29) is 24.8 Å². The zero-order valence-electron chi connectivity index (χ0n) is 25.2. The van der Waals surface area contributed by atoms with Crippen molar-refractivity contribution in [1.82, 2.24) is 15.5 Å². The number of carbonyl (C=O) groups excluding carboxylic acids is 4. The quantitative estimate of drug-likeness (QED) is 0.271. The van der Waals surface area contributed by atoms with Crippen molar-refractivity contribution in [2.45, 2.75) is 124 Å². The van der Waals surface area contributed by atoms with Crippen LogP contribution in [0.1, 0.15) is 109 Å². The Balaban J connectivity index is 3.52. The SMILES string of the molecule is CCCCCCCN(C(=O)C(CCC(N)=O)NC(=O)OC(C)(C)C)C(C(=O)NC(C)C)c1ccc(C)c(C)c1. The fourth-order valence-electron chi connectivity index (χ4n) is 4.22. The molecule has 0 spiro atoms. The standard InChI is InChI=1S/C30H50N4O5/c1-9-10-11-12-13-18-34(26(27(36)32-20(2)3)23-15-14-21(4)22(5)19-23)28(37)24(16-17-25(31)35)33-29(38)39-30(6,7)8/h14-15,19-20,24,26H,9-13,16-18H2,1-8H3,(H2,31,35)(H,32,36)(H,33,38). The second-order valence-electron chi connectivity index (χ2n) is 11.6. The van der Waals surface area contributed by atoms with Crippen molar-refractivity contribution in [2.75, 3.05) is 6.54 Å². The van der Waals surface area contributed by atoms with Gasteiger partial charge in [-0.25, -0.2) is 4.79 Å². The summed E-state index contributed by atoms with van der Waals surface area (Å²) in [7, 11) is 0. The third kappa shape index (κ3) is 12.5. The van der Waals surface area contributed by atoms with Crippen molar-refractivity contribution in [3.05, 3.63) is 34.9 Å². The molecular weight excluding hydrogens is 496 g/mol. The summed E-state index contributed by atoms with van der Waals surface area (Å²) < 4.78 is 5.39. The molecule has 0 aromatic heterocycles. The number of primary amides is 1. The fraction of sp³-hybridized carbons (Fsp3) is 0.667. The second kappa shape index (κ2) is 16.1. The highest BCUT2D eigenvalue weighted by atomic mass is 16.6. The number of aryl methyl sites for hydroxylation is 2. The number of benzene rings is 1. The molecule has 0 saturated carbocycles. The lowest BCUT2D eigenvalue weighted by Gasteiger charge is -2.35. The van der Waals surface area contributed by atoms with Gasteiger partial charge in [-0.2, -0.15) is 0 Å². The van der Waals surface area contributed by atoms with E-state index in [0.29, 0.717) is 18.5 Å². The predicted molar refractivity (Wildman–Crippen MR) is 154 cm³/mol. The van der Waals surface area contributed by atoms with Crippen molar-refractivity contribution in [2.24, 2.45) is 5.73 Å². The first-order chi connectivity index (χ1) is 18.2. The van der Waals surface area contributed by atoms with E-state index in [2.05, 4.69) is 17.6 Å². The van der Waals surface area contributed by atoms with Crippen LogP contribution in [0, 0.1) is 13.8 Å². The van der Waals surface area contributed by atoms with E-state index in [9.17, 15) is 19.2 Å². The van der Waals surface area contributed by atoms with Crippen molar-refractivity contribution in [3.63, 3.8) is 0 Å². The summed E-state index contributed by atoms with van der Waals surface area (Å²) in [6.07, 6.45) is 3.89. The molecule has 0 saturated heterocycles. The van der Waals surface area contributed by atoms with E-state index in [1.54, 1.807) is 20.8 Å². The molecule has 0 radical (unpaired) electrons. The third-order valence-electron chi connectivity index (χ3n) is 6.29. The van der Waals surface area contributed by atoms with Gasteiger partial charge in [0.1, 0.15) is 17.7 Å². The first kappa shape index (κ1) is 33.9. The summed E-state index contributed by atoms with van der Waals surface area (Å²) >= 11 is 0. The molecule has 0 aliphatic carbocycles. The van der Waals surface area contributed by atoms with Crippen LogP contribution in [-0.4, -0.2) is 52.9 Å². The molecule has 0 bridgehead atoms. The minimum Gasteiger partial charge on any atom is -0.444 e. The van der Waals surface area contributed by atoms with Crippen LogP contribution in [0.25, 0.3) is 0 Å².